The van der Waals surface area contributed by atoms with Crippen LogP contribution in [0.3, 0.4) is 0 Å². The second-order valence-electron chi connectivity index (χ2n) is 6.02. The number of rotatable bonds is 6. The van der Waals surface area contributed by atoms with Gasteiger partial charge in [0.15, 0.2) is 0 Å². The van der Waals surface area contributed by atoms with E-state index < -0.39 is 5.92 Å². The molecule has 1 unspecified atom stereocenters. The Morgan fingerprint density at radius 2 is 1.85 bits per heavy atom. The van der Waals surface area contributed by atoms with E-state index in [-0.39, 0.29) is 18.3 Å². The molecule has 0 radical (unpaired) electrons. The van der Waals surface area contributed by atoms with Crippen molar-refractivity contribution >= 4 is 17.6 Å². The molecule has 0 spiro atoms. The number of para-hydroxylation sites is 1. The largest absolute Gasteiger partial charge is 0.496 e. The fourth-order valence-corrected chi connectivity index (χ4v) is 2.99. The second kappa shape index (κ2) is 7.91. The lowest BCUT2D eigenvalue weighted by Crippen LogP contribution is -2.26. The number of esters is 1. The van der Waals surface area contributed by atoms with Gasteiger partial charge in [-0.25, -0.2) is 0 Å². The highest BCUT2D eigenvalue weighted by Gasteiger charge is 2.35. The third kappa shape index (κ3) is 3.79. The molecular weight excluding hydrogens is 334 g/mol. The Hall–Kier alpha value is -3.02. The Bertz CT molecular complexity index is 787. The van der Waals surface area contributed by atoms with Gasteiger partial charge in [0.2, 0.25) is 5.91 Å². The maximum atomic E-state index is 12.1. The highest BCUT2D eigenvalue weighted by atomic mass is 16.5. The van der Waals surface area contributed by atoms with Crippen LogP contribution in [0.25, 0.3) is 0 Å². The van der Waals surface area contributed by atoms with Gasteiger partial charge in [0, 0.05) is 24.2 Å². The molecule has 6 heteroatoms. The van der Waals surface area contributed by atoms with Gasteiger partial charge in [-0.15, -0.1) is 0 Å². The van der Waals surface area contributed by atoms with Gasteiger partial charge in [0.05, 0.1) is 20.1 Å². The molecule has 26 heavy (non-hydrogen) atoms. The Labute approximate surface area is 152 Å². The van der Waals surface area contributed by atoms with E-state index in [0.29, 0.717) is 18.9 Å². The molecule has 0 bridgehead atoms. The molecule has 1 fully saturated rings. The van der Waals surface area contributed by atoms with Crippen molar-refractivity contribution in [1.82, 2.24) is 0 Å². The monoisotopic (exact) mass is 355 g/mol. The smallest absolute Gasteiger partial charge is 0.311 e. The minimum absolute atomic E-state index is 0.0805. The number of amides is 1. The second-order valence-corrected chi connectivity index (χ2v) is 6.02. The fraction of sp³-hybridized carbons (Fsp3) is 0.300. The van der Waals surface area contributed by atoms with E-state index in [9.17, 15) is 9.59 Å². The zero-order chi connectivity index (χ0) is 18.5. The van der Waals surface area contributed by atoms with Crippen molar-refractivity contribution < 1.29 is 23.8 Å². The van der Waals surface area contributed by atoms with Gasteiger partial charge < -0.3 is 19.1 Å². The van der Waals surface area contributed by atoms with Crippen molar-refractivity contribution in [1.29, 1.82) is 0 Å². The minimum atomic E-state index is -0.408. The number of anilines is 1. The predicted octanol–water partition coefficient (Wildman–Crippen LogP) is 2.80. The normalized spacial score (nSPS) is 16.5. The molecule has 2 aromatic rings. The average molecular weight is 355 g/mol. The van der Waals surface area contributed by atoms with Crippen LogP contribution in [0.5, 0.6) is 11.5 Å². The molecule has 1 amide bonds. The van der Waals surface area contributed by atoms with E-state index in [2.05, 4.69) is 0 Å². The van der Waals surface area contributed by atoms with Crippen molar-refractivity contribution in [2.75, 3.05) is 25.7 Å². The van der Waals surface area contributed by atoms with Gasteiger partial charge in [-0.1, -0.05) is 18.2 Å². The van der Waals surface area contributed by atoms with E-state index >= 15 is 0 Å². The van der Waals surface area contributed by atoms with Crippen molar-refractivity contribution in [2.24, 2.45) is 5.92 Å². The first kappa shape index (κ1) is 17.8. The Balaban J connectivity index is 1.64. The molecule has 0 aliphatic carbocycles. The standard InChI is InChI=1S/C20H21NO5/c1-24-18-6-4-3-5-14(18)13-26-17-9-7-16(8-10-17)21-12-15(11-19(21)22)20(23)25-2/h3-10,15H,11-13H2,1-2H3. The van der Waals surface area contributed by atoms with Crippen molar-refractivity contribution in [2.45, 2.75) is 13.0 Å². The van der Waals surface area contributed by atoms with Crippen LogP contribution in [0.2, 0.25) is 0 Å². The third-order valence-electron chi connectivity index (χ3n) is 4.39. The average Bonchev–Trinajstić information content (AvgIpc) is 3.08. The summed E-state index contributed by atoms with van der Waals surface area (Å²) in [5.74, 6) is 0.631. The van der Waals surface area contributed by atoms with Crippen LogP contribution in [-0.4, -0.2) is 32.6 Å². The lowest BCUT2D eigenvalue weighted by Gasteiger charge is -2.17. The number of nitrogens with zero attached hydrogens (tertiary/aromatic N) is 1. The summed E-state index contributed by atoms with van der Waals surface area (Å²) in [7, 11) is 2.96. The summed E-state index contributed by atoms with van der Waals surface area (Å²) in [4.78, 5) is 25.4. The minimum Gasteiger partial charge on any atom is -0.496 e. The number of benzene rings is 2. The van der Waals surface area contributed by atoms with Gasteiger partial charge in [0.1, 0.15) is 18.1 Å². The SMILES string of the molecule is COC(=O)C1CC(=O)N(c2ccc(OCc3ccccc3OC)cc2)C1. The van der Waals surface area contributed by atoms with Crippen LogP contribution in [-0.2, 0) is 20.9 Å². The molecule has 136 valence electrons. The topological polar surface area (TPSA) is 65.1 Å². The van der Waals surface area contributed by atoms with Crippen molar-refractivity contribution in [3.05, 3.63) is 54.1 Å². The Morgan fingerprint density at radius 1 is 1.12 bits per heavy atom. The first-order valence-corrected chi connectivity index (χ1v) is 8.35. The molecule has 2 aromatic carbocycles. The molecule has 1 atom stereocenters. The predicted molar refractivity (Wildman–Crippen MR) is 96.2 cm³/mol. The van der Waals surface area contributed by atoms with Crippen LogP contribution < -0.4 is 14.4 Å². The van der Waals surface area contributed by atoms with Gasteiger partial charge in [0.25, 0.3) is 0 Å². The van der Waals surface area contributed by atoms with Crippen LogP contribution in [0.1, 0.15) is 12.0 Å². The first-order valence-electron chi connectivity index (χ1n) is 8.35. The highest BCUT2D eigenvalue weighted by Crippen LogP contribution is 2.28. The number of hydrogen-bond donors (Lipinski definition) is 0. The Morgan fingerprint density at radius 3 is 2.54 bits per heavy atom. The number of ether oxygens (including phenoxy) is 3. The maximum absolute atomic E-state index is 12.1. The summed E-state index contributed by atoms with van der Waals surface area (Å²) in [6.45, 7) is 0.726. The Kier molecular flexibility index (Phi) is 5.41. The lowest BCUT2D eigenvalue weighted by atomic mass is 10.1. The molecule has 1 aliphatic rings. The van der Waals surface area contributed by atoms with Crippen LogP contribution in [0, 0.1) is 5.92 Å². The van der Waals surface area contributed by atoms with E-state index in [1.54, 1.807) is 12.0 Å². The molecule has 1 saturated heterocycles. The molecule has 1 heterocycles. The van der Waals surface area contributed by atoms with E-state index in [1.807, 2.05) is 48.5 Å². The van der Waals surface area contributed by atoms with Crippen LogP contribution >= 0.6 is 0 Å². The van der Waals surface area contributed by atoms with Gasteiger partial charge >= 0.3 is 5.97 Å². The van der Waals surface area contributed by atoms with Gasteiger partial charge in [-0.05, 0) is 30.3 Å². The summed E-state index contributed by atoms with van der Waals surface area (Å²) in [6.07, 6.45) is 0.179. The summed E-state index contributed by atoms with van der Waals surface area (Å²) >= 11 is 0. The van der Waals surface area contributed by atoms with Crippen molar-refractivity contribution in [3.63, 3.8) is 0 Å². The first-order chi connectivity index (χ1) is 12.6. The zero-order valence-corrected chi connectivity index (χ0v) is 14.8. The number of hydrogen-bond acceptors (Lipinski definition) is 5. The zero-order valence-electron chi connectivity index (χ0n) is 14.8. The van der Waals surface area contributed by atoms with Gasteiger partial charge in [-0.3, -0.25) is 9.59 Å². The van der Waals surface area contributed by atoms with E-state index in [4.69, 9.17) is 14.2 Å². The quantitative estimate of drug-likeness (QED) is 0.746. The molecule has 6 nitrogen and oxygen atoms in total. The number of methoxy groups -OCH3 is 2. The molecule has 3 rings (SSSR count). The summed E-state index contributed by atoms with van der Waals surface area (Å²) in [5.41, 5.74) is 1.70. The fourth-order valence-electron chi connectivity index (χ4n) is 2.99. The third-order valence-corrected chi connectivity index (χ3v) is 4.39. The molecule has 1 aliphatic heterocycles. The summed E-state index contributed by atoms with van der Waals surface area (Å²) < 4.78 is 15.8. The highest BCUT2D eigenvalue weighted by molar-refractivity contribution is 5.99. The van der Waals surface area contributed by atoms with Crippen LogP contribution in [0.4, 0.5) is 5.69 Å². The van der Waals surface area contributed by atoms with Crippen molar-refractivity contribution in [3.8, 4) is 11.5 Å². The molecule has 0 N–H and O–H groups in total. The number of carbonyl (C=O) groups excluding carboxylic acids is 2. The molecular formula is C20H21NO5. The number of carbonyl (C=O) groups is 2. The maximum Gasteiger partial charge on any atom is 0.311 e. The van der Waals surface area contributed by atoms with Gasteiger partial charge in [-0.2, -0.15) is 0 Å². The molecule has 0 aromatic heterocycles. The van der Waals surface area contributed by atoms with E-state index in [1.165, 1.54) is 7.11 Å². The lowest BCUT2D eigenvalue weighted by molar-refractivity contribution is -0.145. The summed E-state index contributed by atoms with van der Waals surface area (Å²) in [6, 6.07) is 14.9. The summed E-state index contributed by atoms with van der Waals surface area (Å²) in [5, 5.41) is 0. The molecule has 0 saturated carbocycles. The van der Waals surface area contributed by atoms with E-state index in [0.717, 1.165) is 17.0 Å². The van der Waals surface area contributed by atoms with Crippen LogP contribution in [0.15, 0.2) is 48.5 Å².